The van der Waals surface area contributed by atoms with Crippen molar-refractivity contribution in [3.8, 4) is 5.69 Å². The van der Waals surface area contributed by atoms with E-state index in [1.807, 2.05) is 35.9 Å². The van der Waals surface area contributed by atoms with Crippen LogP contribution in [-0.4, -0.2) is 25.7 Å². The quantitative estimate of drug-likeness (QED) is 0.583. The molecule has 2 aromatic heterocycles. The molecule has 1 saturated carbocycles. The van der Waals surface area contributed by atoms with Gasteiger partial charge < -0.3 is 5.32 Å². The molecular weight excluding hydrogens is 350 g/mol. The van der Waals surface area contributed by atoms with Gasteiger partial charge in [-0.05, 0) is 68.3 Å². The molecule has 0 bridgehead atoms. The maximum Gasteiger partial charge on any atom is 0.255 e. The normalized spacial score (nSPS) is 13.6. The van der Waals surface area contributed by atoms with Crippen LogP contribution < -0.4 is 5.32 Å². The first-order chi connectivity index (χ1) is 13.7. The van der Waals surface area contributed by atoms with Gasteiger partial charge in [-0.25, -0.2) is 4.68 Å². The molecule has 138 valence electrons. The molecule has 0 aliphatic heterocycles. The van der Waals surface area contributed by atoms with Gasteiger partial charge in [-0.15, -0.1) is 0 Å². The zero-order valence-corrected chi connectivity index (χ0v) is 15.5. The fourth-order valence-electron chi connectivity index (χ4n) is 3.39. The zero-order chi connectivity index (χ0) is 19.1. The smallest absolute Gasteiger partial charge is 0.255 e. The highest BCUT2D eigenvalue weighted by Gasteiger charge is 2.28. The van der Waals surface area contributed by atoms with Gasteiger partial charge in [-0.3, -0.25) is 14.8 Å². The molecule has 4 aromatic rings. The molecule has 6 heteroatoms. The highest BCUT2D eigenvalue weighted by molar-refractivity contribution is 6.05. The van der Waals surface area contributed by atoms with Crippen molar-refractivity contribution in [2.24, 2.45) is 0 Å². The summed E-state index contributed by atoms with van der Waals surface area (Å²) < 4.78 is 2.01. The van der Waals surface area contributed by atoms with Crippen LogP contribution in [0.3, 0.4) is 0 Å². The number of benzene rings is 2. The maximum atomic E-state index is 12.6. The Labute approximate surface area is 162 Å². The van der Waals surface area contributed by atoms with E-state index in [9.17, 15) is 4.79 Å². The van der Waals surface area contributed by atoms with E-state index in [0.29, 0.717) is 17.0 Å². The van der Waals surface area contributed by atoms with E-state index in [2.05, 4.69) is 26.4 Å². The maximum absolute atomic E-state index is 12.6. The largest absolute Gasteiger partial charge is 0.322 e. The average Bonchev–Trinajstić information content (AvgIpc) is 3.50. The lowest BCUT2D eigenvalue weighted by molar-refractivity contribution is 0.102. The summed E-state index contributed by atoms with van der Waals surface area (Å²) in [7, 11) is 0. The molecule has 1 N–H and O–H groups in total. The minimum Gasteiger partial charge on any atom is -0.322 e. The summed E-state index contributed by atoms with van der Waals surface area (Å²) in [6.45, 7) is 2.02. The van der Waals surface area contributed by atoms with Gasteiger partial charge in [0.15, 0.2) is 0 Å². The molecule has 28 heavy (non-hydrogen) atoms. The van der Waals surface area contributed by atoms with Gasteiger partial charge in [0.1, 0.15) is 0 Å². The van der Waals surface area contributed by atoms with Gasteiger partial charge in [-0.1, -0.05) is 0 Å². The van der Waals surface area contributed by atoms with Crippen molar-refractivity contribution in [1.82, 2.24) is 19.7 Å². The number of fused-ring (bicyclic) bond motifs is 1. The first-order valence-corrected chi connectivity index (χ1v) is 9.36. The number of nitrogens with zero attached hydrogens (tertiary/aromatic N) is 4. The van der Waals surface area contributed by atoms with Crippen molar-refractivity contribution < 1.29 is 4.79 Å². The van der Waals surface area contributed by atoms with Crippen LogP contribution >= 0.6 is 0 Å². The van der Waals surface area contributed by atoms with E-state index in [-0.39, 0.29) is 5.91 Å². The first kappa shape index (κ1) is 16.6. The van der Waals surface area contributed by atoms with Gasteiger partial charge in [0.2, 0.25) is 0 Å². The molecule has 1 amide bonds. The predicted molar refractivity (Wildman–Crippen MR) is 108 cm³/mol. The van der Waals surface area contributed by atoms with Crippen molar-refractivity contribution in [2.75, 3.05) is 5.32 Å². The number of hydrogen-bond acceptors (Lipinski definition) is 4. The molecule has 0 saturated heterocycles. The molecule has 1 aliphatic rings. The molecule has 0 unspecified atom stereocenters. The van der Waals surface area contributed by atoms with Crippen LogP contribution in [-0.2, 0) is 0 Å². The van der Waals surface area contributed by atoms with Crippen LogP contribution in [0.4, 0.5) is 5.69 Å². The number of amides is 1. The number of aromatic nitrogens is 4. The van der Waals surface area contributed by atoms with Crippen LogP contribution in [0.25, 0.3) is 16.7 Å². The van der Waals surface area contributed by atoms with Crippen LogP contribution in [0.5, 0.6) is 0 Å². The van der Waals surface area contributed by atoms with E-state index < -0.39 is 0 Å². The highest BCUT2D eigenvalue weighted by Crippen LogP contribution is 2.41. The number of hydrogen-bond donors (Lipinski definition) is 1. The zero-order valence-electron chi connectivity index (χ0n) is 15.5. The third-order valence-corrected chi connectivity index (χ3v) is 4.96. The summed E-state index contributed by atoms with van der Waals surface area (Å²) in [5.74, 6) is 0.450. The van der Waals surface area contributed by atoms with Crippen molar-refractivity contribution in [3.63, 3.8) is 0 Å². The Morgan fingerprint density at radius 3 is 2.50 bits per heavy atom. The Balaban J connectivity index is 1.36. The highest BCUT2D eigenvalue weighted by atomic mass is 16.1. The van der Waals surface area contributed by atoms with Crippen LogP contribution in [0.2, 0.25) is 0 Å². The van der Waals surface area contributed by atoms with Crippen LogP contribution in [0.1, 0.15) is 40.5 Å². The molecule has 0 radical (unpaired) electrons. The van der Waals surface area contributed by atoms with E-state index in [1.165, 1.54) is 18.5 Å². The fourth-order valence-corrected chi connectivity index (χ4v) is 3.39. The van der Waals surface area contributed by atoms with E-state index in [4.69, 9.17) is 0 Å². The number of carbonyl (C=O) groups is 1. The molecule has 1 aliphatic carbocycles. The van der Waals surface area contributed by atoms with Crippen molar-refractivity contribution in [2.45, 2.75) is 25.7 Å². The summed E-state index contributed by atoms with van der Waals surface area (Å²) in [6, 6.07) is 15.3. The second kappa shape index (κ2) is 6.56. The van der Waals surface area contributed by atoms with Crippen molar-refractivity contribution >= 4 is 22.6 Å². The molecule has 5 rings (SSSR count). The van der Waals surface area contributed by atoms with Gasteiger partial charge in [-0.2, -0.15) is 5.10 Å². The Morgan fingerprint density at radius 1 is 1.00 bits per heavy atom. The average molecular weight is 369 g/mol. The lowest BCUT2D eigenvalue weighted by atomic mass is 10.1. The molecule has 6 nitrogen and oxygen atoms in total. The summed E-state index contributed by atoms with van der Waals surface area (Å²) in [5, 5.41) is 7.57. The Hall–Kier alpha value is -3.54. The standard InChI is InChI=1S/C22H19N5O/c1-14-12-21(15-2-3-15)27(26-14)18-7-5-17(6-8-18)25-22(28)16-4-9-19-20(13-16)24-11-10-23-19/h4-13,15H,2-3H2,1H3,(H,25,28). The van der Waals surface area contributed by atoms with Crippen molar-refractivity contribution in [3.05, 3.63) is 77.9 Å². The first-order valence-electron chi connectivity index (χ1n) is 9.36. The molecule has 0 atom stereocenters. The van der Waals surface area contributed by atoms with Gasteiger partial charge in [0.05, 0.1) is 22.4 Å². The Morgan fingerprint density at radius 2 is 1.75 bits per heavy atom. The predicted octanol–water partition coefficient (Wildman–Crippen LogP) is 4.25. The lowest BCUT2D eigenvalue weighted by Crippen LogP contribution is -2.12. The molecule has 0 spiro atoms. The SMILES string of the molecule is Cc1cc(C2CC2)n(-c2ccc(NC(=O)c3ccc4nccnc4c3)cc2)n1. The van der Waals surface area contributed by atoms with E-state index in [1.54, 1.807) is 30.6 Å². The van der Waals surface area contributed by atoms with Gasteiger partial charge >= 0.3 is 0 Å². The van der Waals surface area contributed by atoms with Gasteiger partial charge in [0.25, 0.3) is 5.91 Å². The second-order valence-corrected chi connectivity index (χ2v) is 7.16. The minimum absolute atomic E-state index is 0.172. The lowest BCUT2D eigenvalue weighted by Gasteiger charge is -2.09. The Bertz CT molecular complexity index is 1180. The third-order valence-electron chi connectivity index (χ3n) is 4.96. The summed E-state index contributed by atoms with van der Waals surface area (Å²) in [6.07, 6.45) is 5.72. The molecular formula is C22H19N5O. The number of rotatable bonds is 4. The fraction of sp³-hybridized carbons (Fsp3) is 0.182. The molecule has 2 aromatic carbocycles. The third kappa shape index (κ3) is 3.13. The topological polar surface area (TPSA) is 72.7 Å². The number of anilines is 1. The van der Waals surface area contributed by atoms with Crippen LogP contribution in [0.15, 0.2) is 60.9 Å². The van der Waals surface area contributed by atoms with Gasteiger partial charge in [0, 0.05) is 35.3 Å². The number of nitrogens with one attached hydrogen (secondary N) is 1. The second-order valence-electron chi connectivity index (χ2n) is 7.16. The summed E-state index contributed by atoms with van der Waals surface area (Å²) in [4.78, 5) is 21.1. The summed E-state index contributed by atoms with van der Waals surface area (Å²) >= 11 is 0. The van der Waals surface area contributed by atoms with E-state index in [0.717, 1.165) is 22.6 Å². The monoisotopic (exact) mass is 369 g/mol. The summed E-state index contributed by atoms with van der Waals surface area (Å²) in [5.41, 5.74) is 6.07. The number of aryl methyl sites for hydroxylation is 1. The van der Waals surface area contributed by atoms with E-state index >= 15 is 0 Å². The minimum atomic E-state index is -0.172. The molecule has 1 fully saturated rings. The number of carbonyl (C=O) groups excluding carboxylic acids is 1. The van der Waals surface area contributed by atoms with Crippen molar-refractivity contribution in [1.29, 1.82) is 0 Å². The van der Waals surface area contributed by atoms with Crippen LogP contribution in [0, 0.1) is 6.92 Å². The Kier molecular flexibility index (Phi) is 3.90. The molecule has 2 heterocycles.